The van der Waals surface area contributed by atoms with E-state index in [1.54, 1.807) is 45.4 Å². The molecule has 3 aromatic rings. The minimum atomic E-state index is -0.693. The van der Waals surface area contributed by atoms with E-state index in [1.807, 2.05) is 48.6 Å². The van der Waals surface area contributed by atoms with Crippen molar-refractivity contribution in [3.63, 3.8) is 0 Å². The molecule has 0 unspecified atom stereocenters. The Morgan fingerprint density at radius 1 is 0.936 bits per heavy atom. The molecule has 1 N–H and O–H groups in total. The molecule has 4 aliphatic rings. The Kier molecular flexibility index (Phi) is 7.64. The summed E-state index contributed by atoms with van der Waals surface area (Å²) >= 11 is 0. The van der Waals surface area contributed by atoms with Gasteiger partial charge in [-0.05, 0) is 79.8 Å². The molecule has 1 aromatic heterocycles. The number of ketones is 2. The second-order valence-corrected chi connectivity index (χ2v) is 12.2. The summed E-state index contributed by atoms with van der Waals surface area (Å²) in [5.74, 6) is -1.37. The average molecular weight is 632 g/mol. The van der Waals surface area contributed by atoms with Gasteiger partial charge in [-0.1, -0.05) is 35.9 Å². The zero-order valence-corrected chi connectivity index (χ0v) is 26.2. The quantitative estimate of drug-likeness (QED) is 0.155. The number of aliphatic hydroxyl groups excluding tert-OH is 1. The van der Waals surface area contributed by atoms with Crippen molar-refractivity contribution < 1.29 is 38.2 Å². The molecule has 1 saturated heterocycles. The van der Waals surface area contributed by atoms with Crippen molar-refractivity contribution in [2.45, 2.75) is 32.3 Å². The summed E-state index contributed by atoms with van der Waals surface area (Å²) in [7, 11) is 3.20. The zero-order valence-electron chi connectivity index (χ0n) is 26.2. The monoisotopic (exact) mass is 631 g/mol. The molecule has 9 nitrogen and oxygen atoms in total. The number of allylic oxidation sites excluding steroid dienone is 6. The van der Waals surface area contributed by atoms with Gasteiger partial charge >= 0.3 is 0 Å². The van der Waals surface area contributed by atoms with Gasteiger partial charge < -0.3 is 19.0 Å². The van der Waals surface area contributed by atoms with E-state index in [0.29, 0.717) is 51.8 Å². The predicted octanol–water partition coefficient (Wildman–Crippen LogP) is 5.59. The summed E-state index contributed by atoms with van der Waals surface area (Å²) in [6.07, 6.45) is 7.62. The fraction of sp³-hybridized carbons (Fsp3) is 0.263. The molecule has 0 saturated carbocycles. The van der Waals surface area contributed by atoms with Crippen LogP contribution < -0.4 is 14.4 Å². The van der Waals surface area contributed by atoms with Gasteiger partial charge in [-0.3, -0.25) is 24.1 Å². The molecule has 47 heavy (non-hydrogen) atoms. The van der Waals surface area contributed by atoms with Crippen LogP contribution >= 0.6 is 0 Å². The van der Waals surface area contributed by atoms with E-state index in [2.05, 4.69) is 0 Å². The lowest BCUT2D eigenvalue weighted by Gasteiger charge is -2.41. The lowest BCUT2D eigenvalue weighted by Crippen LogP contribution is -2.39. The highest BCUT2D eigenvalue weighted by molar-refractivity contribution is 6.25. The number of ether oxygens (including phenoxy) is 2. The van der Waals surface area contributed by atoms with Crippen molar-refractivity contribution in [1.29, 1.82) is 0 Å². The number of hydrogen-bond donors (Lipinski definition) is 1. The number of carbonyl (C=O) groups excluding carboxylic acids is 4. The maximum Gasteiger partial charge on any atom is 0.238 e. The third kappa shape index (κ3) is 4.98. The largest absolute Gasteiger partial charge is 0.497 e. The summed E-state index contributed by atoms with van der Waals surface area (Å²) in [6.45, 7) is 1.30. The van der Waals surface area contributed by atoms with Crippen LogP contribution in [0.3, 0.4) is 0 Å². The Hall–Kier alpha value is -5.28. The first kappa shape index (κ1) is 30.4. The van der Waals surface area contributed by atoms with Crippen molar-refractivity contribution in [2.75, 3.05) is 19.1 Å². The van der Waals surface area contributed by atoms with Crippen LogP contribution in [0.25, 0.3) is 12.2 Å². The van der Waals surface area contributed by atoms with Crippen LogP contribution in [0.5, 0.6) is 11.5 Å². The molecule has 238 valence electrons. The van der Waals surface area contributed by atoms with E-state index >= 15 is 0 Å². The minimum absolute atomic E-state index is 0.186. The first-order chi connectivity index (χ1) is 22.7. The molecule has 3 aliphatic carbocycles. The summed E-state index contributed by atoms with van der Waals surface area (Å²) < 4.78 is 16.7. The molecular formula is C38H33NO8. The number of nitrogens with zero attached hydrogens (tertiary/aromatic N) is 1. The Bertz CT molecular complexity index is 1960. The van der Waals surface area contributed by atoms with E-state index in [4.69, 9.17) is 13.9 Å². The molecule has 0 bridgehead atoms. The predicted molar refractivity (Wildman–Crippen MR) is 173 cm³/mol. The summed E-state index contributed by atoms with van der Waals surface area (Å²) in [5.41, 5.74) is 4.04. The molecule has 0 spiro atoms. The zero-order chi connectivity index (χ0) is 33.0. The maximum absolute atomic E-state index is 14.2. The Labute approximate surface area is 271 Å². The second-order valence-electron chi connectivity index (χ2n) is 12.2. The fourth-order valence-corrected chi connectivity index (χ4v) is 7.47. The standard InChI is InChI=1S/C38H33NO8/c1-20-16-30(41)29-18-28-26(34(35(29)36(20)42)32-15-11-25(19-40)47-32)12-13-27-33(28)38(44)39(37(27)43)23-8-5-21(6-9-23)4-7-22-17-24(45-2)10-14-31(22)46-3/h4-12,14-17,27-28,33-34,40H,13,18-19H2,1-3H3/t27-,28+,33-,34+/m0/s1. The van der Waals surface area contributed by atoms with Crippen LogP contribution in [0.1, 0.15) is 48.3 Å². The number of hydrogen-bond acceptors (Lipinski definition) is 8. The number of amides is 2. The number of fused-ring (bicyclic) bond motifs is 3. The van der Waals surface area contributed by atoms with Crippen LogP contribution in [0.2, 0.25) is 0 Å². The highest BCUT2D eigenvalue weighted by atomic mass is 16.5. The lowest BCUT2D eigenvalue weighted by atomic mass is 9.60. The van der Waals surface area contributed by atoms with Crippen LogP contribution in [0.15, 0.2) is 93.5 Å². The number of imide groups is 1. The van der Waals surface area contributed by atoms with Crippen LogP contribution in [0.4, 0.5) is 5.69 Å². The summed E-state index contributed by atoms with van der Waals surface area (Å²) in [6, 6.07) is 16.1. The maximum atomic E-state index is 14.2. The van der Waals surface area contributed by atoms with Crippen molar-refractivity contribution in [2.24, 2.45) is 17.8 Å². The van der Waals surface area contributed by atoms with Gasteiger partial charge in [-0.15, -0.1) is 0 Å². The van der Waals surface area contributed by atoms with Crippen LogP contribution in [0, 0.1) is 17.8 Å². The van der Waals surface area contributed by atoms with Crippen molar-refractivity contribution in [3.8, 4) is 11.5 Å². The molecular weight excluding hydrogens is 598 g/mol. The van der Waals surface area contributed by atoms with Gasteiger partial charge in [0.15, 0.2) is 11.6 Å². The lowest BCUT2D eigenvalue weighted by molar-refractivity contribution is -0.123. The van der Waals surface area contributed by atoms with Crippen LogP contribution in [-0.4, -0.2) is 42.7 Å². The van der Waals surface area contributed by atoms with Gasteiger partial charge in [0.2, 0.25) is 11.8 Å². The third-order valence-corrected chi connectivity index (χ3v) is 9.73. The highest BCUT2D eigenvalue weighted by Gasteiger charge is 2.57. The Morgan fingerprint density at radius 3 is 2.43 bits per heavy atom. The summed E-state index contributed by atoms with van der Waals surface area (Å²) in [5, 5.41) is 9.66. The molecule has 4 atom stereocenters. The second kappa shape index (κ2) is 11.8. The Balaban J connectivity index is 1.19. The summed E-state index contributed by atoms with van der Waals surface area (Å²) in [4.78, 5) is 56.1. The molecule has 1 fully saturated rings. The first-order valence-corrected chi connectivity index (χ1v) is 15.5. The molecule has 1 aliphatic heterocycles. The highest BCUT2D eigenvalue weighted by Crippen LogP contribution is 2.55. The number of anilines is 1. The molecule has 2 aromatic carbocycles. The van der Waals surface area contributed by atoms with Gasteiger partial charge in [0, 0.05) is 22.3 Å². The number of methoxy groups -OCH3 is 2. The normalized spacial score (nSPS) is 23.9. The minimum Gasteiger partial charge on any atom is -0.497 e. The Morgan fingerprint density at radius 2 is 1.72 bits per heavy atom. The number of benzene rings is 2. The molecule has 0 radical (unpaired) electrons. The van der Waals surface area contributed by atoms with Crippen LogP contribution in [-0.2, 0) is 25.8 Å². The average Bonchev–Trinajstić information content (AvgIpc) is 3.67. The molecule has 7 rings (SSSR count). The number of furan rings is 1. The van der Waals surface area contributed by atoms with Gasteiger partial charge in [0.1, 0.15) is 29.6 Å². The number of rotatable bonds is 7. The van der Waals surface area contributed by atoms with Gasteiger partial charge in [-0.25, -0.2) is 0 Å². The van der Waals surface area contributed by atoms with Crippen molar-refractivity contribution in [1.82, 2.24) is 0 Å². The van der Waals surface area contributed by atoms with Gasteiger partial charge in [0.25, 0.3) is 0 Å². The number of carbonyl (C=O) groups is 4. The molecule has 2 heterocycles. The molecule has 2 amide bonds. The fourth-order valence-electron chi connectivity index (χ4n) is 7.47. The number of Topliss-reactive ketones (excluding diaryl/α,β-unsaturated/α-hetero) is 1. The topological polar surface area (TPSA) is 123 Å². The third-order valence-electron chi connectivity index (χ3n) is 9.73. The van der Waals surface area contributed by atoms with E-state index in [9.17, 15) is 24.3 Å². The number of aliphatic hydroxyl groups is 1. The first-order valence-electron chi connectivity index (χ1n) is 15.5. The van der Waals surface area contributed by atoms with E-state index < -0.39 is 23.7 Å². The van der Waals surface area contributed by atoms with Gasteiger partial charge in [0.05, 0.1) is 37.7 Å². The smallest absolute Gasteiger partial charge is 0.238 e. The van der Waals surface area contributed by atoms with E-state index in [1.165, 1.54) is 11.0 Å². The van der Waals surface area contributed by atoms with E-state index in [0.717, 1.165) is 16.7 Å². The molecule has 9 heteroatoms. The van der Waals surface area contributed by atoms with Crippen molar-refractivity contribution in [3.05, 3.63) is 112 Å². The van der Waals surface area contributed by atoms with Gasteiger partial charge in [-0.2, -0.15) is 0 Å². The SMILES string of the molecule is COc1ccc(OC)c(C=Cc2ccc(N3C(=O)[C@H]4[C@H](CC=C5[C@H](c6ccc(CO)o6)C6=C(C[C@H]54)C(=O)C=C(C)C6=O)C3=O)cc2)c1. The van der Waals surface area contributed by atoms with E-state index in [-0.39, 0.29) is 36.4 Å². The van der Waals surface area contributed by atoms with Crippen molar-refractivity contribution >= 4 is 41.2 Å².